The van der Waals surface area contributed by atoms with E-state index in [4.69, 9.17) is 10.5 Å². The van der Waals surface area contributed by atoms with E-state index in [0.29, 0.717) is 0 Å². The molecule has 2 aromatic carbocycles. The quantitative estimate of drug-likeness (QED) is 0.834. The lowest BCUT2D eigenvalue weighted by atomic mass is 10.1. The summed E-state index contributed by atoms with van der Waals surface area (Å²) in [6, 6.07) is 10.9. The first kappa shape index (κ1) is 17.9. The van der Waals surface area contributed by atoms with E-state index in [1.807, 2.05) is 24.3 Å². The van der Waals surface area contributed by atoms with Crippen molar-refractivity contribution in [2.24, 2.45) is 5.73 Å². The number of nitrogens with one attached hydrogen (secondary N) is 1. The zero-order valence-electron chi connectivity index (χ0n) is 14.3. The van der Waals surface area contributed by atoms with Crippen LogP contribution in [0, 0.1) is 5.82 Å². The van der Waals surface area contributed by atoms with Gasteiger partial charge in [-0.1, -0.05) is 12.1 Å². The van der Waals surface area contributed by atoms with Crippen molar-refractivity contribution in [3.63, 3.8) is 0 Å². The molecule has 2 aromatic rings. The van der Waals surface area contributed by atoms with Crippen LogP contribution in [-0.4, -0.2) is 17.9 Å². The van der Waals surface area contributed by atoms with E-state index in [-0.39, 0.29) is 23.8 Å². The lowest BCUT2D eigenvalue weighted by molar-refractivity contribution is 0.0946. The molecule has 0 atom stereocenters. The third-order valence-electron chi connectivity index (χ3n) is 4.45. The monoisotopic (exact) mass is 356 g/mol. The van der Waals surface area contributed by atoms with Gasteiger partial charge in [0.25, 0.3) is 5.91 Å². The van der Waals surface area contributed by atoms with Gasteiger partial charge in [-0.3, -0.25) is 9.59 Å². The first-order chi connectivity index (χ1) is 12.5. The Morgan fingerprint density at radius 3 is 2.65 bits per heavy atom. The van der Waals surface area contributed by atoms with E-state index < -0.39 is 17.6 Å². The van der Waals surface area contributed by atoms with Gasteiger partial charge >= 0.3 is 0 Å². The van der Waals surface area contributed by atoms with Gasteiger partial charge in [-0.25, -0.2) is 4.39 Å². The normalized spacial score (nSPS) is 14.2. The zero-order chi connectivity index (χ0) is 18.5. The predicted molar refractivity (Wildman–Crippen MR) is 95.4 cm³/mol. The van der Waals surface area contributed by atoms with E-state index in [0.717, 1.165) is 36.3 Å². The molecule has 0 saturated heterocycles. The standard InChI is InChI=1S/C20H21FN2O3/c21-18-9-8-14(19(22)24)11-17(18)20(25)23-12-13-4-3-7-16(10-13)26-15-5-1-2-6-15/h3-4,7-11,15H,1-2,5-6,12H2,(H2,22,24)(H,23,25). The number of hydrogen-bond donors (Lipinski definition) is 2. The SMILES string of the molecule is NC(=O)c1ccc(F)c(C(=O)NCc2cccc(OC3CCCC3)c2)c1. The highest BCUT2D eigenvalue weighted by Gasteiger charge is 2.17. The summed E-state index contributed by atoms with van der Waals surface area (Å²) in [6.45, 7) is 0.223. The van der Waals surface area contributed by atoms with Crippen LogP contribution in [0.15, 0.2) is 42.5 Å². The molecule has 0 heterocycles. The van der Waals surface area contributed by atoms with Gasteiger partial charge in [0.15, 0.2) is 0 Å². The van der Waals surface area contributed by atoms with Gasteiger partial charge in [0.2, 0.25) is 5.91 Å². The second-order valence-corrected chi connectivity index (χ2v) is 6.41. The molecule has 1 fully saturated rings. The third kappa shape index (κ3) is 4.39. The van der Waals surface area contributed by atoms with Gasteiger partial charge in [0.05, 0.1) is 11.7 Å². The second kappa shape index (κ2) is 7.99. The Morgan fingerprint density at radius 1 is 1.15 bits per heavy atom. The van der Waals surface area contributed by atoms with Crippen molar-refractivity contribution in [1.29, 1.82) is 0 Å². The molecule has 1 saturated carbocycles. The fourth-order valence-corrected chi connectivity index (χ4v) is 3.06. The van der Waals surface area contributed by atoms with Crippen LogP contribution in [0.25, 0.3) is 0 Å². The molecule has 1 aliphatic rings. The van der Waals surface area contributed by atoms with Gasteiger partial charge in [0, 0.05) is 12.1 Å². The number of carbonyl (C=O) groups excluding carboxylic acids is 2. The molecular formula is C20H21FN2O3. The number of nitrogens with two attached hydrogens (primary N) is 1. The summed E-state index contributed by atoms with van der Waals surface area (Å²) in [6.07, 6.45) is 4.77. The summed E-state index contributed by atoms with van der Waals surface area (Å²) in [5.74, 6) is -1.25. The first-order valence-corrected chi connectivity index (χ1v) is 8.66. The highest BCUT2D eigenvalue weighted by Crippen LogP contribution is 2.24. The maximum Gasteiger partial charge on any atom is 0.254 e. The predicted octanol–water partition coefficient (Wildman–Crippen LogP) is 3.18. The molecular weight excluding hydrogens is 335 g/mol. The van der Waals surface area contributed by atoms with Crippen molar-refractivity contribution in [2.45, 2.75) is 38.3 Å². The van der Waals surface area contributed by atoms with Crippen LogP contribution in [0.1, 0.15) is 52.0 Å². The highest BCUT2D eigenvalue weighted by molar-refractivity contribution is 5.99. The Hall–Kier alpha value is -2.89. The summed E-state index contributed by atoms with van der Waals surface area (Å²) in [7, 11) is 0. The van der Waals surface area contributed by atoms with Crippen LogP contribution in [0.3, 0.4) is 0 Å². The number of benzene rings is 2. The van der Waals surface area contributed by atoms with Gasteiger partial charge in [-0.2, -0.15) is 0 Å². The molecule has 0 aromatic heterocycles. The molecule has 2 amide bonds. The van der Waals surface area contributed by atoms with Crippen LogP contribution in [0.5, 0.6) is 5.75 Å². The summed E-state index contributed by atoms with van der Waals surface area (Å²) in [5, 5.41) is 2.66. The van der Waals surface area contributed by atoms with E-state index in [2.05, 4.69) is 5.32 Å². The van der Waals surface area contributed by atoms with Crippen molar-refractivity contribution >= 4 is 11.8 Å². The number of ether oxygens (including phenoxy) is 1. The maximum absolute atomic E-state index is 13.9. The molecule has 26 heavy (non-hydrogen) atoms. The lowest BCUT2D eigenvalue weighted by Crippen LogP contribution is -2.24. The Labute approximate surface area is 151 Å². The Morgan fingerprint density at radius 2 is 1.92 bits per heavy atom. The van der Waals surface area contributed by atoms with Crippen molar-refractivity contribution in [1.82, 2.24) is 5.32 Å². The van der Waals surface area contributed by atoms with Crippen LogP contribution < -0.4 is 15.8 Å². The van der Waals surface area contributed by atoms with Crippen molar-refractivity contribution in [3.05, 3.63) is 65.0 Å². The number of amides is 2. The molecule has 3 rings (SSSR count). The summed E-state index contributed by atoms with van der Waals surface area (Å²) in [5.41, 5.74) is 5.90. The highest BCUT2D eigenvalue weighted by atomic mass is 19.1. The maximum atomic E-state index is 13.9. The molecule has 1 aliphatic carbocycles. The number of carbonyl (C=O) groups is 2. The minimum absolute atomic E-state index is 0.0866. The van der Waals surface area contributed by atoms with Crippen molar-refractivity contribution in [3.8, 4) is 5.75 Å². The molecule has 0 aliphatic heterocycles. The van der Waals surface area contributed by atoms with E-state index >= 15 is 0 Å². The summed E-state index contributed by atoms with van der Waals surface area (Å²) in [4.78, 5) is 23.4. The summed E-state index contributed by atoms with van der Waals surface area (Å²) >= 11 is 0. The molecule has 3 N–H and O–H groups in total. The minimum Gasteiger partial charge on any atom is -0.490 e. The van der Waals surface area contributed by atoms with Gasteiger partial charge in [-0.15, -0.1) is 0 Å². The van der Waals surface area contributed by atoms with Crippen molar-refractivity contribution in [2.75, 3.05) is 0 Å². The second-order valence-electron chi connectivity index (χ2n) is 6.41. The van der Waals surface area contributed by atoms with Crippen molar-refractivity contribution < 1.29 is 18.7 Å². The fourth-order valence-electron chi connectivity index (χ4n) is 3.06. The van der Waals surface area contributed by atoms with Gasteiger partial charge in [0.1, 0.15) is 11.6 Å². The summed E-state index contributed by atoms with van der Waals surface area (Å²) < 4.78 is 19.8. The third-order valence-corrected chi connectivity index (χ3v) is 4.45. The van der Waals surface area contributed by atoms with Gasteiger partial charge in [-0.05, 0) is 61.6 Å². The van der Waals surface area contributed by atoms with Crippen LogP contribution in [0.2, 0.25) is 0 Å². The van der Waals surface area contributed by atoms with E-state index in [1.54, 1.807) is 0 Å². The van der Waals surface area contributed by atoms with Gasteiger partial charge < -0.3 is 15.8 Å². The smallest absolute Gasteiger partial charge is 0.254 e. The molecule has 136 valence electrons. The minimum atomic E-state index is -0.712. The number of rotatable bonds is 6. The van der Waals surface area contributed by atoms with Crippen LogP contribution >= 0.6 is 0 Å². The zero-order valence-corrected chi connectivity index (χ0v) is 14.3. The van der Waals surface area contributed by atoms with E-state index in [1.165, 1.54) is 18.9 Å². The Bertz CT molecular complexity index is 816. The topological polar surface area (TPSA) is 81.4 Å². The van der Waals surface area contributed by atoms with E-state index in [9.17, 15) is 14.0 Å². The average Bonchev–Trinajstić information content (AvgIpc) is 3.13. The number of halogens is 1. The Kier molecular flexibility index (Phi) is 5.51. The Balaban J connectivity index is 1.64. The van der Waals surface area contributed by atoms with Crippen LogP contribution in [-0.2, 0) is 6.54 Å². The first-order valence-electron chi connectivity index (χ1n) is 8.66. The molecule has 0 radical (unpaired) electrons. The molecule has 5 nitrogen and oxygen atoms in total. The molecule has 0 unspecified atom stereocenters. The largest absolute Gasteiger partial charge is 0.490 e. The van der Waals surface area contributed by atoms with Crippen LogP contribution in [0.4, 0.5) is 4.39 Å². The number of hydrogen-bond acceptors (Lipinski definition) is 3. The fraction of sp³-hybridized carbons (Fsp3) is 0.300. The number of primary amides is 1. The molecule has 0 bridgehead atoms. The average molecular weight is 356 g/mol. The lowest BCUT2D eigenvalue weighted by Gasteiger charge is -2.14. The molecule has 6 heteroatoms. The molecule has 0 spiro atoms.